The van der Waals surface area contributed by atoms with Gasteiger partial charge in [0.25, 0.3) is 0 Å². The first-order valence-corrected chi connectivity index (χ1v) is 12.2. The van der Waals surface area contributed by atoms with Crippen LogP contribution in [-0.4, -0.2) is 0 Å². The molecule has 26 heavy (non-hydrogen) atoms. The van der Waals surface area contributed by atoms with E-state index in [1.807, 2.05) is 6.92 Å². The number of rotatable bonds is 20. The first kappa shape index (κ1) is 25.6. The van der Waals surface area contributed by atoms with Crippen molar-refractivity contribution in [2.45, 2.75) is 149 Å². The van der Waals surface area contributed by atoms with Crippen LogP contribution in [0.3, 0.4) is 0 Å². The smallest absolute Gasteiger partial charge is 0.00886 e. The second-order valence-corrected chi connectivity index (χ2v) is 8.36. The Labute approximate surface area is 167 Å². The molecule has 154 valence electrons. The fourth-order valence-corrected chi connectivity index (χ4v) is 4.07. The Morgan fingerprint density at radius 1 is 0.500 bits per heavy atom. The summed E-state index contributed by atoms with van der Waals surface area (Å²) in [5.74, 6) is 7.21. The van der Waals surface area contributed by atoms with E-state index in [-0.39, 0.29) is 0 Å². The highest BCUT2D eigenvalue weighted by Crippen LogP contribution is 2.22. The molecule has 0 aromatic rings. The molecule has 0 fully saturated rings. The number of unbranched alkanes of at least 4 members (excludes halogenated alkanes) is 14. The lowest BCUT2D eigenvalue weighted by atomic mass is 9.91. The van der Waals surface area contributed by atoms with E-state index in [4.69, 9.17) is 0 Å². The second-order valence-electron chi connectivity index (χ2n) is 8.36. The normalized spacial score (nSPS) is 12.0. The molecule has 0 nitrogen and oxygen atoms in total. The molecule has 0 heterocycles. The third-order valence-corrected chi connectivity index (χ3v) is 5.75. The predicted molar refractivity (Wildman–Crippen MR) is 121 cm³/mol. The maximum atomic E-state index is 3.22. The van der Waals surface area contributed by atoms with Gasteiger partial charge in [-0.25, -0.2) is 0 Å². The van der Waals surface area contributed by atoms with Crippen LogP contribution in [-0.2, 0) is 0 Å². The Kier molecular flexibility index (Phi) is 22.2. The van der Waals surface area contributed by atoms with Crippen molar-refractivity contribution >= 4 is 0 Å². The maximum absolute atomic E-state index is 3.22. The van der Waals surface area contributed by atoms with Gasteiger partial charge in [0.05, 0.1) is 0 Å². The Bertz CT molecular complexity index is 306. The van der Waals surface area contributed by atoms with Gasteiger partial charge in [-0.05, 0) is 25.7 Å². The Morgan fingerprint density at radius 3 is 1.42 bits per heavy atom. The lowest BCUT2D eigenvalue weighted by Crippen LogP contribution is -2.00. The van der Waals surface area contributed by atoms with Gasteiger partial charge in [-0.1, -0.05) is 123 Å². The molecule has 0 bridgehead atoms. The van der Waals surface area contributed by atoms with Crippen molar-refractivity contribution in [3.63, 3.8) is 0 Å². The molecule has 0 aliphatic carbocycles. The fraction of sp³-hybridized carbons (Fsp3) is 0.923. The van der Waals surface area contributed by atoms with Crippen molar-refractivity contribution in [2.24, 2.45) is 5.92 Å². The summed E-state index contributed by atoms with van der Waals surface area (Å²) in [5.41, 5.74) is 0. The molecule has 0 spiro atoms. The summed E-state index contributed by atoms with van der Waals surface area (Å²) >= 11 is 0. The highest BCUT2D eigenvalue weighted by molar-refractivity contribution is 4.94. The summed E-state index contributed by atoms with van der Waals surface area (Å²) in [6.07, 6.45) is 28.5. The Morgan fingerprint density at radius 2 is 0.962 bits per heavy atom. The van der Waals surface area contributed by atoms with E-state index < -0.39 is 0 Å². The highest BCUT2D eigenvalue weighted by atomic mass is 14.1. The van der Waals surface area contributed by atoms with Crippen molar-refractivity contribution in [3.8, 4) is 11.8 Å². The van der Waals surface area contributed by atoms with Crippen LogP contribution in [0.25, 0.3) is 0 Å². The molecule has 0 saturated heterocycles. The Balaban J connectivity index is 3.32. The van der Waals surface area contributed by atoms with Crippen molar-refractivity contribution in [1.82, 2.24) is 0 Å². The van der Waals surface area contributed by atoms with Gasteiger partial charge in [0.15, 0.2) is 0 Å². The minimum absolute atomic E-state index is 0.969. The molecule has 1 atom stereocenters. The lowest BCUT2D eigenvalue weighted by molar-refractivity contribution is 0.386. The van der Waals surface area contributed by atoms with Gasteiger partial charge in [0.1, 0.15) is 0 Å². The zero-order valence-electron chi connectivity index (χ0n) is 18.7. The minimum Gasteiger partial charge on any atom is -0.107 e. The van der Waals surface area contributed by atoms with Crippen LogP contribution < -0.4 is 0 Å². The van der Waals surface area contributed by atoms with Crippen LogP contribution in [0.2, 0.25) is 0 Å². The van der Waals surface area contributed by atoms with Crippen LogP contribution in [0.5, 0.6) is 0 Å². The van der Waals surface area contributed by atoms with Gasteiger partial charge in [-0.3, -0.25) is 0 Å². The van der Waals surface area contributed by atoms with Crippen LogP contribution >= 0.6 is 0 Å². The van der Waals surface area contributed by atoms with Crippen molar-refractivity contribution < 1.29 is 0 Å². The predicted octanol–water partition coefficient (Wildman–Crippen LogP) is 9.47. The summed E-state index contributed by atoms with van der Waals surface area (Å²) in [5, 5.41) is 0. The van der Waals surface area contributed by atoms with Crippen molar-refractivity contribution in [2.75, 3.05) is 0 Å². The zero-order chi connectivity index (χ0) is 19.1. The summed E-state index contributed by atoms with van der Waals surface area (Å²) < 4.78 is 0. The zero-order valence-corrected chi connectivity index (χ0v) is 18.7. The molecule has 0 rings (SSSR count). The second kappa shape index (κ2) is 22.6. The molecule has 0 radical (unpaired) electrons. The van der Waals surface area contributed by atoms with Gasteiger partial charge in [0.2, 0.25) is 0 Å². The molecule has 0 aliphatic heterocycles. The minimum atomic E-state index is 0.969. The molecule has 0 heteroatoms. The first-order valence-electron chi connectivity index (χ1n) is 12.2. The highest BCUT2D eigenvalue weighted by Gasteiger charge is 2.07. The van der Waals surface area contributed by atoms with Gasteiger partial charge < -0.3 is 0 Å². The summed E-state index contributed by atoms with van der Waals surface area (Å²) in [6.45, 7) is 6.59. The van der Waals surface area contributed by atoms with E-state index in [0.717, 1.165) is 12.3 Å². The number of hydrogen-bond donors (Lipinski definition) is 0. The maximum Gasteiger partial charge on any atom is 0.00886 e. The van der Waals surface area contributed by atoms with Crippen molar-refractivity contribution in [1.29, 1.82) is 0 Å². The molecular weight excluding hydrogens is 312 g/mol. The third kappa shape index (κ3) is 19.9. The van der Waals surface area contributed by atoms with E-state index >= 15 is 0 Å². The summed E-state index contributed by atoms with van der Waals surface area (Å²) in [7, 11) is 0. The summed E-state index contributed by atoms with van der Waals surface area (Å²) in [6, 6.07) is 0. The summed E-state index contributed by atoms with van der Waals surface area (Å²) in [4.78, 5) is 0. The van der Waals surface area contributed by atoms with Crippen LogP contribution in [0.15, 0.2) is 0 Å². The van der Waals surface area contributed by atoms with E-state index in [1.165, 1.54) is 122 Å². The first-order chi connectivity index (χ1) is 12.8. The van der Waals surface area contributed by atoms with Gasteiger partial charge in [0, 0.05) is 6.42 Å². The molecule has 0 N–H and O–H groups in total. The number of hydrogen-bond acceptors (Lipinski definition) is 0. The topological polar surface area (TPSA) is 0 Å². The van der Waals surface area contributed by atoms with E-state index in [1.54, 1.807) is 0 Å². The third-order valence-electron chi connectivity index (χ3n) is 5.75. The molecular formula is C26H50. The molecule has 1 unspecified atom stereocenters. The lowest BCUT2D eigenvalue weighted by Gasteiger charge is -2.15. The van der Waals surface area contributed by atoms with Crippen LogP contribution in [0.4, 0.5) is 0 Å². The molecule has 0 saturated carbocycles. The molecule has 0 aromatic heterocycles. The largest absolute Gasteiger partial charge is 0.107 e. The average Bonchev–Trinajstić information content (AvgIpc) is 2.65. The average molecular weight is 363 g/mol. The standard InChI is InChI=1S/C26H50/c1-4-7-9-11-12-13-14-15-16-17-18-19-20-22-25-26(23-6-3)24-21-10-8-5-2/h26H,4,6-7,9-25H2,1-3H3. The van der Waals surface area contributed by atoms with E-state index in [0.29, 0.717) is 0 Å². The molecule has 0 aromatic carbocycles. The van der Waals surface area contributed by atoms with Crippen molar-refractivity contribution in [3.05, 3.63) is 0 Å². The molecule has 0 amide bonds. The van der Waals surface area contributed by atoms with E-state index in [9.17, 15) is 0 Å². The SMILES string of the molecule is CC#CCCCC(CCC)CCCCCCCCCCCCCCCC. The van der Waals surface area contributed by atoms with Gasteiger partial charge in [-0.15, -0.1) is 11.8 Å². The van der Waals surface area contributed by atoms with Crippen LogP contribution in [0.1, 0.15) is 149 Å². The quantitative estimate of drug-likeness (QED) is 0.149. The van der Waals surface area contributed by atoms with Crippen LogP contribution in [0, 0.1) is 17.8 Å². The Hall–Kier alpha value is -0.440. The monoisotopic (exact) mass is 362 g/mol. The van der Waals surface area contributed by atoms with Gasteiger partial charge >= 0.3 is 0 Å². The fourth-order valence-electron chi connectivity index (χ4n) is 4.07. The van der Waals surface area contributed by atoms with E-state index in [2.05, 4.69) is 25.7 Å². The molecule has 0 aliphatic rings. The van der Waals surface area contributed by atoms with Gasteiger partial charge in [-0.2, -0.15) is 0 Å².